The first-order valence-corrected chi connectivity index (χ1v) is 7.01. The molecule has 3 heterocycles. The van der Waals surface area contributed by atoms with E-state index >= 15 is 0 Å². The molecule has 2 aromatic rings. The first-order valence-electron chi connectivity index (χ1n) is 7.01. The van der Waals surface area contributed by atoms with Gasteiger partial charge in [0.15, 0.2) is 0 Å². The minimum absolute atomic E-state index is 0. The highest BCUT2D eigenvalue weighted by Gasteiger charge is 2.26. The Hall–Kier alpha value is -2.10. The topological polar surface area (TPSA) is 107 Å². The fraction of sp³-hybridized carbons (Fsp3) is 0.462. The number of methoxy groups -OCH3 is 1. The zero-order valence-corrected chi connectivity index (χ0v) is 13.4. The summed E-state index contributed by atoms with van der Waals surface area (Å²) < 4.78 is 6.86. The van der Waals surface area contributed by atoms with Crippen LogP contribution >= 0.6 is 12.4 Å². The van der Waals surface area contributed by atoms with Crippen molar-refractivity contribution in [1.29, 1.82) is 0 Å². The summed E-state index contributed by atoms with van der Waals surface area (Å²) >= 11 is 0. The van der Waals surface area contributed by atoms with Gasteiger partial charge in [0.2, 0.25) is 0 Å². The number of hydrogen-bond donors (Lipinski definition) is 2. The molecule has 9 nitrogen and oxygen atoms in total. The second-order valence-electron chi connectivity index (χ2n) is 5.00. The van der Waals surface area contributed by atoms with Crippen LogP contribution in [-0.2, 0) is 4.74 Å². The van der Waals surface area contributed by atoms with Crippen molar-refractivity contribution in [3.05, 3.63) is 30.4 Å². The normalized spacial score (nSPS) is 20.6. The van der Waals surface area contributed by atoms with Crippen LogP contribution in [0, 0.1) is 0 Å². The summed E-state index contributed by atoms with van der Waals surface area (Å²) in [4.78, 5) is 16.4. The van der Waals surface area contributed by atoms with Crippen LogP contribution < -0.4 is 10.6 Å². The molecule has 0 spiro atoms. The van der Waals surface area contributed by atoms with Crippen LogP contribution in [0.5, 0.6) is 0 Å². The van der Waals surface area contributed by atoms with Gasteiger partial charge in [-0.3, -0.25) is 4.79 Å². The van der Waals surface area contributed by atoms with Crippen LogP contribution in [0.15, 0.2) is 24.7 Å². The third-order valence-corrected chi connectivity index (χ3v) is 3.64. The lowest BCUT2D eigenvalue weighted by molar-refractivity contribution is 0.0475. The number of rotatable bonds is 4. The van der Waals surface area contributed by atoms with E-state index in [1.54, 1.807) is 25.4 Å². The Morgan fingerprint density at radius 1 is 1.48 bits per heavy atom. The molecule has 1 aliphatic rings. The molecule has 0 saturated carbocycles. The first kappa shape index (κ1) is 17.3. The molecule has 1 aliphatic heterocycles. The van der Waals surface area contributed by atoms with E-state index in [2.05, 4.69) is 31.1 Å². The van der Waals surface area contributed by atoms with Gasteiger partial charge in [-0.2, -0.15) is 4.68 Å². The number of amides is 1. The number of hydrogen-bond acceptors (Lipinski definition) is 7. The summed E-state index contributed by atoms with van der Waals surface area (Å²) in [7, 11) is 1.65. The summed E-state index contributed by atoms with van der Waals surface area (Å²) in [5, 5.41) is 17.1. The molecule has 0 aliphatic carbocycles. The molecule has 3 rings (SSSR count). The molecule has 124 valence electrons. The zero-order valence-electron chi connectivity index (χ0n) is 12.5. The van der Waals surface area contributed by atoms with Crippen molar-refractivity contribution >= 4 is 18.3 Å². The van der Waals surface area contributed by atoms with E-state index in [-0.39, 0.29) is 30.5 Å². The number of carbonyl (C=O) groups excluding carboxylic acids is 1. The van der Waals surface area contributed by atoms with Gasteiger partial charge < -0.3 is 15.4 Å². The number of tetrazole rings is 1. The Kier molecular flexibility index (Phi) is 5.97. The molecule has 23 heavy (non-hydrogen) atoms. The van der Waals surface area contributed by atoms with Crippen LogP contribution in [-0.4, -0.2) is 63.4 Å². The van der Waals surface area contributed by atoms with Crippen molar-refractivity contribution in [1.82, 2.24) is 35.8 Å². The van der Waals surface area contributed by atoms with E-state index in [4.69, 9.17) is 4.74 Å². The van der Waals surface area contributed by atoms with E-state index in [1.807, 2.05) is 0 Å². The molecule has 10 heteroatoms. The second kappa shape index (κ2) is 7.95. The maximum Gasteiger partial charge on any atom is 0.270 e. The third-order valence-electron chi connectivity index (χ3n) is 3.64. The summed E-state index contributed by atoms with van der Waals surface area (Å²) in [6.07, 6.45) is 3.82. The molecule has 2 atom stereocenters. The van der Waals surface area contributed by atoms with Gasteiger partial charge in [0.25, 0.3) is 5.91 Å². The van der Waals surface area contributed by atoms with E-state index < -0.39 is 0 Å². The van der Waals surface area contributed by atoms with Gasteiger partial charge in [0.1, 0.15) is 12.0 Å². The minimum Gasteiger partial charge on any atom is -0.378 e. The largest absolute Gasteiger partial charge is 0.378 e. The molecular formula is C13H18ClN7O2. The zero-order chi connectivity index (χ0) is 15.4. The van der Waals surface area contributed by atoms with Gasteiger partial charge in [-0.1, -0.05) is 0 Å². The van der Waals surface area contributed by atoms with Crippen molar-refractivity contribution in [2.24, 2.45) is 0 Å². The van der Waals surface area contributed by atoms with Gasteiger partial charge >= 0.3 is 0 Å². The predicted molar refractivity (Wildman–Crippen MR) is 83.7 cm³/mol. The molecule has 0 bridgehead atoms. The van der Waals surface area contributed by atoms with E-state index in [0.717, 1.165) is 19.5 Å². The maximum absolute atomic E-state index is 12.3. The Balaban J connectivity index is 0.00000192. The third kappa shape index (κ3) is 4.01. The SMILES string of the molecule is CO[C@H]1CNCC[C@H]1NC(=O)c1ccc(-n2cnnn2)cn1.Cl. The van der Waals surface area contributed by atoms with Gasteiger partial charge in [-0.05, 0) is 35.5 Å². The van der Waals surface area contributed by atoms with Gasteiger partial charge in [0.05, 0.1) is 24.0 Å². The Labute approximate surface area is 139 Å². The highest BCUT2D eigenvalue weighted by molar-refractivity contribution is 5.92. The number of piperidine rings is 1. The lowest BCUT2D eigenvalue weighted by atomic mass is 10.0. The molecule has 1 amide bonds. The van der Waals surface area contributed by atoms with Crippen molar-refractivity contribution in [3.8, 4) is 5.69 Å². The van der Waals surface area contributed by atoms with E-state index in [0.29, 0.717) is 11.4 Å². The Morgan fingerprint density at radius 3 is 3.00 bits per heavy atom. The predicted octanol–water partition coefficient (Wildman–Crippen LogP) is -0.414. The fourth-order valence-electron chi connectivity index (χ4n) is 2.42. The van der Waals surface area contributed by atoms with Crippen LogP contribution in [0.1, 0.15) is 16.9 Å². The number of ether oxygens (including phenoxy) is 1. The number of pyridine rings is 1. The van der Waals surface area contributed by atoms with Crippen LogP contribution in [0.2, 0.25) is 0 Å². The maximum atomic E-state index is 12.3. The summed E-state index contributed by atoms with van der Waals surface area (Å²) in [5.41, 5.74) is 1.04. The summed E-state index contributed by atoms with van der Waals surface area (Å²) in [6, 6.07) is 3.38. The minimum atomic E-state index is -0.211. The van der Waals surface area contributed by atoms with Crippen molar-refractivity contribution in [2.45, 2.75) is 18.6 Å². The van der Waals surface area contributed by atoms with Crippen molar-refractivity contribution in [2.75, 3.05) is 20.2 Å². The molecule has 2 N–H and O–H groups in total. The van der Waals surface area contributed by atoms with Crippen molar-refractivity contribution < 1.29 is 9.53 Å². The number of aromatic nitrogens is 5. The molecular weight excluding hydrogens is 322 g/mol. The monoisotopic (exact) mass is 339 g/mol. The molecule has 2 aromatic heterocycles. The van der Waals surface area contributed by atoms with E-state index in [9.17, 15) is 4.79 Å². The second-order valence-corrected chi connectivity index (χ2v) is 5.00. The van der Waals surface area contributed by atoms with Gasteiger partial charge in [0, 0.05) is 13.7 Å². The number of halogens is 1. The summed E-state index contributed by atoms with van der Waals surface area (Å²) in [5.74, 6) is -0.211. The smallest absolute Gasteiger partial charge is 0.270 e. The van der Waals surface area contributed by atoms with Crippen LogP contribution in [0.25, 0.3) is 5.69 Å². The lowest BCUT2D eigenvalue weighted by Crippen LogP contribution is -2.53. The highest BCUT2D eigenvalue weighted by atomic mass is 35.5. The summed E-state index contributed by atoms with van der Waals surface area (Å²) in [6.45, 7) is 1.59. The molecule has 0 unspecified atom stereocenters. The Morgan fingerprint density at radius 2 is 2.35 bits per heavy atom. The van der Waals surface area contributed by atoms with Crippen LogP contribution in [0.3, 0.4) is 0 Å². The quantitative estimate of drug-likeness (QED) is 0.779. The molecule has 0 aromatic carbocycles. The van der Waals surface area contributed by atoms with Gasteiger partial charge in [-0.15, -0.1) is 17.5 Å². The van der Waals surface area contributed by atoms with Crippen LogP contribution in [0.4, 0.5) is 0 Å². The number of nitrogens with one attached hydrogen (secondary N) is 2. The standard InChI is InChI=1S/C13H17N7O2.ClH/c1-22-12-7-14-5-4-10(12)17-13(21)11-3-2-9(6-15-11)20-8-16-18-19-20;/h2-3,6,8,10,12,14H,4-5,7H2,1H3,(H,17,21);1H/t10-,12+;/m1./s1. The van der Waals surface area contributed by atoms with Crippen molar-refractivity contribution in [3.63, 3.8) is 0 Å². The average molecular weight is 340 g/mol. The Bertz CT molecular complexity index is 620. The van der Waals surface area contributed by atoms with Gasteiger partial charge in [-0.25, -0.2) is 4.98 Å². The first-order chi connectivity index (χ1) is 10.8. The number of carbonyl (C=O) groups is 1. The number of nitrogens with zero attached hydrogens (tertiary/aromatic N) is 5. The van der Waals surface area contributed by atoms with E-state index in [1.165, 1.54) is 11.0 Å². The molecule has 0 radical (unpaired) electrons. The molecule has 1 fully saturated rings. The lowest BCUT2D eigenvalue weighted by Gasteiger charge is -2.31. The fourth-order valence-corrected chi connectivity index (χ4v) is 2.42. The molecule has 1 saturated heterocycles. The highest BCUT2D eigenvalue weighted by Crippen LogP contribution is 2.09. The average Bonchev–Trinajstić information content (AvgIpc) is 3.10.